The first-order chi connectivity index (χ1) is 15.0. The molecule has 4 fully saturated rings. The lowest BCUT2D eigenvalue weighted by Gasteiger charge is -2.52. The van der Waals surface area contributed by atoms with Gasteiger partial charge in [0.05, 0.1) is 18.8 Å². The van der Waals surface area contributed by atoms with Crippen LogP contribution < -0.4 is 21.3 Å². The quantitative estimate of drug-likeness (QED) is 0.462. The molecule has 0 radical (unpaired) electrons. The van der Waals surface area contributed by atoms with E-state index in [-0.39, 0.29) is 42.1 Å². The fourth-order valence-electron chi connectivity index (χ4n) is 6.45. The molecule has 4 rings (SSSR count). The van der Waals surface area contributed by atoms with Crippen LogP contribution in [0.5, 0.6) is 0 Å². The second-order valence-electron chi connectivity index (χ2n) is 10.0. The molecule has 0 aromatic rings. The van der Waals surface area contributed by atoms with Gasteiger partial charge >= 0.3 is 0 Å². The van der Waals surface area contributed by atoms with Crippen LogP contribution in [-0.2, 0) is 14.3 Å². The number of carbonyl (C=O) groups is 2. The standard InChI is InChI=1S/C23H41N5O3/c1-3-27-20(24)17(22(29)25-12-11-15-7-9-16(31-2)10-8-15)14-18-21(27)26-19-6-4-5-13-28(19)23(18)30/h15-21,26H,3-14,24H2,1-2H3,(H,25,29)/p+1. The number of quaternary nitrogens is 1. The lowest BCUT2D eigenvalue weighted by Crippen LogP contribution is -3.25. The van der Waals surface area contributed by atoms with Crippen molar-refractivity contribution in [3.8, 4) is 0 Å². The molecule has 0 aromatic heterocycles. The average Bonchev–Trinajstić information content (AvgIpc) is 2.79. The summed E-state index contributed by atoms with van der Waals surface area (Å²) in [5.41, 5.74) is 6.62. The summed E-state index contributed by atoms with van der Waals surface area (Å²) in [5.74, 6) is 0.431. The van der Waals surface area contributed by atoms with E-state index in [1.54, 1.807) is 7.11 Å². The van der Waals surface area contributed by atoms with Crippen LogP contribution in [-0.4, -0.2) is 68.1 Å². The van der Waals surface area contributed by atoms with Crippen LogP contribution in [0.3, 0.4) is 0 Å². The van der Waals surface area contributed by atoms with Gasteiger partial charge in [0.2, 0.25) is 11.8 Å². The zero-order valence-electron chi connectivity index (χ0n) is 19.3. The van der Waals surface area contributed by atoms with Crippen LogP contribution in [0.1, 0.15) is 64.7 Å². The van der Waals surface area contributed by atoms with E-state index in [1.165, 1.54) is 12.8 Å². The maximum atomic E-state index is 13.3. The summed E-state index contributed by atoms with van der Waals surface area (Å²) in [5, 5.41) is 6.88. The highest BCUT2D eigenvalue weighted by atomic mass is 16.5. The molecular weight excluding hydrogens is 394 g/mol. The van der Waals surface area contributed by atoms with Crippen LogP contribution in [0.15, 0.2) is 0 Å². The van der Waals surface area contributed by atoms with Crippen molar-refractivity contribution in [2.45, 2.75) is 89.3 Å². The second-order valence-corrected chi connectivity index (χ2v) is 10.0. The van der Waals surface area contributed by atoms with Gasteiger partial charge in [0.1, 0.15) is 11.8 Å². The number of piperidine rings is 2. The normalized spacial score (nSPS) is 40.7. The van der Waals surface area contributed by atoms with E-state index in [2.05, 4.69) is 17.6 Å². The van der Waals surface area contributed by atoms with E-state index in [0.717, 1.165) is 56.5 Å². The summed E-state index contributed by atoms with van der Waals surface area (Å²) in [7, 11) is 1.79. The zero-order chi connectivity index (χ0) is 22.0. The molecule has 3 saturated heterocycles. The van der Waals surface area contributed by atoms with Gasteiger partial charge in [-0.25, -0.2) is 5.32 Å². The molecule has 1 saturated carbocycles. The van der Waals surface area contributed by atoms with Crippen LogP contribution in [0, 0.1) is 17.8 Å². The third-order valence-corrected chi connectivity index (χ3v) is 8.37. The van der Waals surface area contributed by atoms with Gasteiger partial charge in [-0.15, -0.1) is 0 Å². The van der Waals surface area contributed by atoms with Gasteiger partial charge in [0.15, 0.2) is 12.3 Å². The van der Waals surface area contributed by atoms with Crippen LogP contribution in [0.25, 0.3) is 0 Å². The first-order valence-corrected chi connectivity index (χ1v) is 12.5. The van der Waals surface area contributed by atoms with Gasteiger partial charge in [-0.3, -0.25) is 15.3 Å². The summed E-state index contributed by atoms with van der Waals surface area (Å²) < 4.78 is 5.46. The number of rotatable bonds is 6. The summed E-state index contributed by atoms with van der Waals surface area (Å²) in [4.78, 5) is 29.6. The van der Waals surface area contributed by atoms with Crippen molar-refractivity contribution < 1.29 is 19.2 Å². The second kappa shape index (κ2) is 10.1. The van der Waals surface area contributed by atoms with Crippen molar-refractivity contribution in [1.29, 1.82) is 0 Å². The Kier molecular flexibility index (Phi) is 7.52. The van der Waals surface area contributed by atoms with Gasteiger partial charge < -0.3 is 19.9 Å². The fourth-order valence-corrected chi connectivity index (χ4v) is 6.45. The lowest BCUT2D eigenvalue weighted by molar-refractivity contribution is -0.963. The molecule has 6 unspecified atom stereocenters. The molecule has 2 amide bonds. The maximum Gasteiger partial charge on any atom is 0.234 e. The third kappa shape index (κ3) is 4.77. The Labute approximate surface area is 186 Å². The summed E-state index contributed by atoms with van der Waals surface area (Å²) in [6.07, 6.45) is 9.66. The van der Waals surface area contributed by atoms with Gasteiger partial charge in [-0.2, -0.15) is 0 Å². The maximum absolute atomic E-state index is 13.3. The molecule has 0 aromatic carbocycles. The smallest absolute Gasteiger partial charge is 0.234 e. The van der Waals surface area contributed by atoms with Gasteiger partial charge in [-0.05, 0) is 70.6 Å². The number of nitrogens with two attached hydrogens (primary N) is 1. The molecular formula is C23H42N5O3+. The molecule has 3 heterocycles. The zero-order valence-corrected chi connectivity index (χ0v) is 19.3. The van der Waals surface area contributed by atoms with Crippen LogP contribution >= 0.6 is 0 Å². The third-order valence-electron chi connectivity index (χ3n) is 8.37. The van der Waals surface area contributed by atoms with Crippen LogP contribution in [0.4, 0.5) is 0 Å². The number of likely N-dealkylation sites (tertiary alicyclic amines) is 1. The monoisotopic (exact) mass is 436 g/mol. The van der Waals surface area contributed by atoms with E-state index in [4.69, 9.17) is 10.5 Å². The molecule has 3 aliphatic heterocycles. The van der Waals surface area contributed by atoms with E-state index in [9.17, 15) is 9.59 Å². The number of ether oxygens (including phenoxy) is 1. The Balaban J connectivity index is 1.34. The van der Waals surface area contributed by atoms with Gasteiger partial charge in [0.25, 0.3) is 0 Å². The number of hydrogen-bond donors (Lipinski definition) is 4. The van der Waals surface area contributed by atoms with Crippen LogP contribution in [0.2, 0.25) is 0 Å². The van der Waals surface area contributed by atoms with Gasteiger partial charge in [0, 0.05) is 20.2 Å². The van der Waals surface area contributed by atoms with E-state index in [0.29, 0.717) is 25.0 Å². The Hall–Kier alpha value is -1.22. The molecule has 4 aliphatic rings. The molecule has 0 spiro atoms. The van der Waals surface area contributed by atoms with Crippen molar-refractivity contribution in [3.63, 3.8) is 0 Å². The minimum absolute atomic E-state index is 0.0202. The number of hydrogen-bond acceptors (Lipinski definition) is 5. The van der Waals surface area contributed by atoms with E-state index >= 15 is 0 Å². The average molecular weight is 437 g/mol. The molecule has 8 nitrogen and oxygen atoms in total. The van der Waals surface area contributed by atoms with E-state index < -0.39 is 0 Å². The molecule has 8 heteroatoms. The molecule has 31 heavy (non-hydrogen) atoms. The Bertz CT molecular complexity index is 639. The van der Waals surface area contributed by atoms with Gasteiger partial charge in [-0.1, -0.05) is 0 Å². The van der Waals surface area contributed by atoms with Crippen molar-refractivity contribution in [1.82, 2.24) is 15.5 Å². The fraction of sp³-hybridized carbons (Fsp3) is 0.913. The predicted molar refractivity (Wildman–Crippen MR) is 118 cm³/mol. The molecule has 1 aliphatic carbocycles. The minimum Gasteiger partial charge on any atom is -0.381 e. The number of nitrogens with one attached hydrogen (secondary N) is 3. The first-order valence-electron chi connectivity index (χ1n) is 12.5. The highest BCUT2D eigenvalue weighted by Gasteiger charge is 2.54. The summed E-state index contributed by atoms with van der Waals surface area (Å²) in [6, 6.07) is 0. The Morgan fingerprint density at radius 1 is 1.26 bits per heavy atom. The number of carbonyl (C=O) groups excluding carboxylic acids is 2. The largest absolute Gasteiger partial charge is 0.381 e. The SMILES string of the molecule is CC[NH+]1C(N)C(C(=O)NCCC2CCC(OC)CC2)CC2C(=O)N3CCCCC3NC21. The molecule has 176 valence electrons. The minimum atomic E-state index is -0.312. The van der Waals surface area contributed by atoms with Crippen molar-refractivity contribution in [3.05, 3.63) is 0 Å². The Morgan fingerprint density at radius 3 is 2.74 bits per heavy atom. The topological polar surface area (TPSA) is 101 Å². The van der Waals surface area contributed by atoms with E-state index in [1.807, 2.05) is 4.90 Å². The Morgan fingerprint density at radius 2 is 2.03 bits per heavy atom. The highest BCUT2D eigenvalue weighted by molar-refractivity contribution is 5.83. The number of amides is 2. The number of methoxy groups -OCH3 is 1. The number of fused-ring (bicyclic) bond motifs is 2. The molecule has 6 atom stereocenters. The first kappa shape index (κ1) is 23.0. The highest BCUT2D eigenvalue weighted by Crippen LogP contribution is 2.30. The molecule has 5 N–H and O–H groups in total. The van der Waals surface area contributed by atoms with Crippen molar-refractivity contribution in [2.24, 2.45) is 23.5 Å². The molecule has 0 bridgehead atoms. The summed E-state index contributed by atoms with van der Waals surface area (Å²) in [6.45, 7) is 4.43. The van der Waals surface area contributed by atoms with Crippen molar-refractivity contribution in [2.75, 3.05) is 26.7 Å². The summed E-state index contributed by atoms with van der Waals surface area (Å²) >= 11 is 0. The van der Waals surface area contributed by atoms with Crippen molar-refractivity contribution >= 4 is 11.8 Å². The lowest BCUT2D eigenvalue weighted by atomic mass is 9.80. The number of nitrogens with zero attached hydrogens (tertiary/aromatic N) is 1. The predicted octanol–water partition coefficient (Wildman–Crippen LogP) is -0.208.